The molecule has 0 saturated heterocycles. The van der Waals surface area contributed by atoms with Crippen molar-refractivity contribution in [3.63, 3.8) is 0 Å². The van der Waals surface area contributed by atoms with E-state index in [1.807, 2.05) is 42.6 Å². The van der Waals surface area contributed by atoms with E-state index in [1.54, 1.807) is 13.2 Å². The summed E-state index contributed by atoms with van der Waals surface area (Å²) in [6.45, 7) is 0. The van der Waals surface area contributed by atoms with Gasteiger partial charge in [0.1, 0.15) is 0 Å². The predicted molar refractivity (Wildman–Crippen MR) is 63.2 cm³/mol. The van der Waals surface area contributed by atoms with Crippen LogP contribution in [-0.4, -0.2) is 18.2 Å². The zero-order valence-corrected chi connectivity index (χ0v) is 8.59. The van der Waals surface area contributed by atoms with Gasteiger partial charge in [-0.25, -0.2) is 0 Å². The summed E-state index contributed by atoms with van der Waals surface area (Å²) in [6, 6.07) is 14.0. The predicted octanol–water partition coefficient (Wildman–Crippen LogP) is 2.80. The van der Waals surface area contributed by atoms with Crippen molar-refractivity contribution in [3.05, 3.63) is 54.2 Å². The fourth-order valence-electron chi connectivity index (χ4n) is 1.50. The molecule has 0 fully saturated rings. The van der Waals surface area contributed by atoms with E-state index >= 15 is 0 Å². The van der Waals surface area contributed by atoms with Crippen LogP contribution < -0.4 is 0 Å². The van der Waals surface area contributed by atoms with Crippen molar-refractivity contribution in [2.75, 3.05) is 7.05 Å². The van der Waals surface area contributed by atoms with Gasteiger partial charge in [0.25, 0.3) is 0 Å². The third kappa shape index (κ3) is 2.10. The molecule has 0 aliphatic carbocycles. The molecule has 74 valence electrons. The number of benzene rings is 1. The van der Waals surface area contributed by atoms with Crippen LogP contribution in [0.15, 0.2) is 53.7 Å². The highest BCUT2D eigenvalue weighted by atomic mass is 14.7. The molecule has 1 aromatic carbocycles. The second kappa shape index (κ2) is 4.51. The Morgan fingerprint density at radius 1 is 1.07 bits per heavy atom. The summed E-state index contributed by atoms with van der Waals surface area (Å²) >= 11 is 0. The monoisotopic (exact) mass is 196 g/mol. The van der Waals surface area contributed by atoms with Crippen LogP contribution in [0.25, 0.3) is 11.3 Å². The highest BCUT2D eigenvalue weighted by Gasteiger charge is 2.01. The Kier molecular flexibility index (Phi) is 2.88. The zero-order valence-electron chi connectivity index (χ0n) is 8.59. The van der Waals surface area contributed by atoms with Crippen LogP contribution in [0.3, 0.4) is 0 Å². The summed E-state index contributed by atoms with van der Waals surface area (Å²) in [5, 5.41) is 0. The van der Waals surface area contributed by atoms with Crippen molar-refractivity contribution >= 4 is 6.21 Å². The normalized spacial score (nSPS) is 10.7. The van der Waals surface area contributed by atoms with Crippen LogP contribution in [-0.2, 0) is 0 Å². The molecular weight excluding hydrogens is 184 g/mol. The first-order valence-corrected chi connectivity index (χ1v) is 4.84. The molecule has 1 aromatic heterocycles. The van der Waals surface area contributed by atoms with Crippen molar-refractivity contribution in [1.82, 2.24) is 4.98 Å². The lowest BCUT2D eigenvalue weighted by Crippen LogP contribution is -1.89. The van der Waals surface area contributed by atoms with Crippen LogP contribution in [0.4, 0.5) is 0 Å². The number of pyridine rings is 1. The van der Waals surface area contributed by atoms with Gasteiger partial charge in [-0.3, -0.25) is 9.98 Å². The van der Waals surface area contributed by atoms with Crippen LogP contribution >= 0.6 is 0 Å². The van der Waals surface area contributed by atoms with E-state index in [4.69, 9.17) is 0 Å². The number of aliphatic imine (C=N–C) groups is 1. The van der Waals surface area contributed by atoms with E-state index in [2.05, 4.69) is 16.0 Å². The molecule has 0 radical (unpaired) electrons. The summed E-state index contributed by atoms with van der Waals surface area (Å²) in [7, 11) is 1.77. The Morgan fingerprint density at radius 2 is 1.87 bits per heavy atom. The zero-order chi connectivity index (χ0) is 10.5. The summed E-state index contributed by atoms with van der Waals surface area (Å²) in [5.74, 6) is 0. The molecule has 0 unspecified atom stereocenters. The van der Waals surface area contributed by atoms with Gasteiger partial charge in [0, 0.05) is 30.6 Å². The molecule has 0 atom stereocenters. The van der Waals surface area contributed by atoms with Gasteiger partial charge in [-0.15, -0.1) is 0 Å². The van der Waals surface area contributed by atoms with Gasteiger partial charge in [0.2, 0.25) is 0 Å². The van der Waals surface area contributed by atoms with Gasteiger partial charge in [0.15, 0.2) is 0 Å². The minimum Gasteiger partial charge on any atom is -0.296 e. The van der Waals surface area contributed by atoms with Crippen LogP contribution in [0.2, 0.25) is 0 Å². The highest BCUT2D eigenvalue weighted by molar-refractivity contribution is 5.89. The van der Waals surface area contributed by atoms with E-state index in [9.17, 15) is 0 Å². The smallest absolute Gasteiger partial charge is 0.0708 e. The van der Waals surface area contributed by atoms with Crippen LogP contribution in [0.1, 0.15) is 5.56 Å². The molecule has 2 rings (SSSR count). The van der Waals surface area contributed by atoms with Crippen molar-refractivity contribution in [2.45, 2.75) is 0 Å². The molecule has 0 aliphatic rings. The Balaban J connectivity index is 2.53. The maximum atomic E-state index is 4.33. The average molecular weight is 196 g/mol. The Labute approximate surface area is 89.3 Å². The molecular formula is C13H12N2. The molecule has 2 nitrogen and oxygen atoms in total. The fourth-order valence-corrected chi connectivity index (χ4v) is 1.50. The van der Waals surface area contributed by atoms with Gasteiger partial charge in [-0.1, -0.05) is 30.3 Å². The number of rotatable bonds is 2. The first-order chi connectivity index (χ1) is 7.42. The lowest BCUT2D eigenvalue weighted by molar-refractivity contribution is 1.32. The minimum absolute atomic E-state index is 0.980. The fraction of sp³-hybridized carbons (Fsp3) is 0.0769. The number of hydrogen-bond acceptors (Lipinski definition) is 2. The van der Waals surface area contributed by atoms with Crippen LogP contribution in [0, 0.1) is 0 Å². The Morgan fingerprint density at radius 3 is 2.60 bits per heavy atom. The molecule has 15 heavy (non-hydrogen) atoms. The van der Waals surface area contributed by atoms with Gasteiger partial charge in [0.05, 0.1) is 5.69 Å². The highest BCUT2D eigenvalue weighted by Crippen LogP contribution is 2.19. The Bertz CT molecular complexity index is 461. The molecule has 2 aromatic rings. The maximum Gasteiger partial charge on any atom is 0.0708 e. The van der Waals surface area contributed by atoms with E-state index < -0.39 is 0 Å². The molecule has 0 bridgehead atoms. The summed E-state index contributed by atoms with van der Waals surface area (Å²) < 4.78 is 0. The summed E-state index contributed by atoms with van der Waals surface area (Å²) in [5.41, 5.74) is 3.19. The largest absolute Gasteiger partial charge is 0.296 e. The van der Waals surface area contributed by atoms with E-state index in [0.717, 1.165) is 16.8 Å². The molecule has 0 saturated carbocycles. The van der Waals surface area contributed by atoms with Crippen molar-refractivity contribution in [2.24, 2.45) is 4.99 Å². The van der Waals surface area contributed by atoms with Gasteiger partial charge < -0.3 is 0 Å². The minimum atomic E-state index is 0.980. The van der Waals surface area contributed by atoms with Crippen molar-refractivity contribution in [1.29, 1.82) is 0 Å². The lowest BCUT2D eigenvalue weighted by Gasteiger charge is -2.03. The topological polar surface area (TPSA) is 25.2 Å². The average Bonchev–Trinajstić information content (AvgIpc) is 2.31. The molecule has 0 N–H and O–H groups in total. The van der Waals surface area contributed by atoms with Gasteiger partial charge in [-0.05, 0) is 12.1 Å². The van der Waals surface area contributed by atoms with Crippen LogP contribution in [0.5, 0.6) is 0 Å². The van der Waals surface area contributed by atoms with Crippen molar-refractivity contribution < 1.29 is 0 Å². The summed E-state index contributed by atoms with van der Waals surface area (Å²) in [4.78, 5) is 8.37. The number of nitrogens with zero attached hydrogens (tertiary/aromatic N) is 2. The molecule has 0 spiro atoms. The standard InChI is InChI=1S/C13H12N2/c1-14-10-11-6-2-3-7-12(11)13-8-4-5-9-15-13/h2-10H,1H3. The third-order valence-corrected chi connectivity index (χ3v) is 2.17. The first-order valence-electron chi connectivity index (χ1n) is 4.84. The number of hydrogen-bond donors (Lipinski definition) is 0. The molecule has 2 heteroatoms. The first kappa shape index (κ1) is 9.59. The second-order valence-electron chi connectivity index (χ2n) is 3.19. The third-order valence-electron chi connectivity index (χ3n) is 2.17. The number of aromatic nitrogens is 1. The van der Waals surface area contributed by atoms with E-state index in [0.29, 0.717) is 0 Å². The molecule has 0 amide bonds. The van der Waals surface area contributed by atoms with Crippen molar-refractivity contribution in [3.8, 4) is 11.3 Å². The maximum absolute atomic E-state index is 4.33. The second-order valence-corrected chi connectivity index (χ2v) is 3.19. The molecule has 0 aliphatic heterocycles. The quantitative estimate of drug-likeness (QED) is 0.678. The molecule has 1 heterocycles. The lowest BCUT2D eigenvalue weighted by atomic mass is 10.1. The Hall–Kier alpha value is -1.96. The summed E-state index contributed by atoms with van der Waals surface area (Å²) in [6.07, 6.45) is 3.65. The van der Waals surface area contributed by atoms with E-state index in [1.165, 1.54) is 0 Å². The van der Waals surface area contributed by atoms with Gasteiger partial charge in [-0.2, -0.15) is 0 Å². The van der Waals surface area contributed by atoms with Gasteiger partial charge >= 0.3 is 0 Å². The van der Waals surface area contributed by atoms with E-state index in [-0.39, 0.29) is 0 Å². The SMILES string of the molecule is CN=Cc1ccccc1-c1ccccn1.